The lowest BCUT2D eigenvalue weighted by molar-refractivity contribution is 0.467. The van der Waals surface area contributed by atoms with Gasteiger partial charge in [-0.1, -0.05) is 6.42 Å². The second-order valence-corrected chi connectivity index (χ2v) is 8.40. The SMILES string of the molecule is CN=C(NCCCc1nnc2n1CCCCC2)NC1CCCN(c2cnn(C)c2)C1. The summed E-state index contributed by atoms with van der Waals surface area (Å²) >= 11 is 0. The van der Waals surface area contributed by atoms with Crippen LogP contribution in [0.25, 0.3) is 0 Å². The molecule has 0 radical (unpaired) electrons. The summed E-state index contributed by atoms with van der Waals surface area (Å²) in [5.74, 6) is 3.19. The highest BCUT2D eigenvalue weighted by molar-refractivity contribution is 5.80. The Morgan fingerprint density at radius 3 is 2.97 bits per heavy atom. The molecular weight excluding hydrogens is 378 g/mol. The highest BCUT2D eigenvalue weighted by Crippen LogP contribution is 2.19. The van der Waals surface area contributed by atoms with Crippen LogP contribution in [0, 0.1) is 0 Å². The highest BCUT2D eigenvalue weighted by atomic mass is 15.3. The average molecular weight is 414 g/mol. The van der Waals surface area contributed by atoms with Crippen LogP contribution >= 0.6 is 0 Å². The number of piperidine rings is 1. The molecule has 9 nitrogen and oxygen atoms in total. The summed E-state index contributed by atoms with van der Waals surface area (Å²) in [5.41, 5.74) is 1.19. The van der Waals surface area contributed by atoms with Crippen LogP contribution in [0.15, 0.2) is 17.4 Å². The Balaban J connectivity index is 1.22. The van der Waals surface area contributed by atoms with Gasteiger partial charge in [0, 0.05) is 65.4 Å². The molecule has 4 rings (SSSR count). The van der Waals surface area contributed by atoms with Gasteiger partial charge in [0.05, 0.1) is 11.9 Å². The van der Waals surface area contributed by atoms with E-state index in [4.69, 9.17) is 0 Å². The van der Waals surface area contributed by atoms with Crippen molar-refractivity contribution in [1.82, 2.24) is 35.2 Å². The first kappa shape index (κ1) is 20.7. The third-order valence-corrected chi connectivity index (χ3v) is 6.10. The summed E-state index contributed by atoms with van der Waals surface area (Å²) in [6, 6.07) is 0.387. The number of aromatic nitrogens is 5. The van der Waals surface area contributed by atoms with E-state index >= 15 is 0 Å². The fourth-order valence-electron chi connectivity index (χ4n) is 4.47. The third-order valence-electron chi connectivity index (χ3n) is 6.10. The maximum Gasteiger partial charge on any atom is 0.191 e. The van der Waals surface area contributed by atoms with E-state index < -0.39 is 0 Å². The van der Waals surface area contributed by atoms with Crippen LogP contribution in [0.4, 0.5) is 5.69 Å². The quantitative estimate of drug-likeness (QED) is 0.424. The topological polar surface area (TPSA) is 88.2 Å². The molecule has 1 fully saturated rings. The predicted octanol–water partition coefficient (Wildman–Crippen LogP) is 1.50. The summed E-state index contributed by atoms with van der Waals surface area (Å²) < 4.78 is 4.20. The molecule has 0 aliphatic carbocycles. The van der Waals surface area contributed by atoms with Crippen LogP contribution in [0.3, 0.4) is 0 Å². The number of aliphatic imine (C=N–C) groups is 1. The van der Waals surface area contributed by atoms with Gasteiger partial charge >= 0.3 is 0 Å². The summed E-state index contributed by atoms with van der Waals surface area (Å²) in [7, 11) is 3.81. The maximum atomic E-state index is 4.44. The predicted molar refractivity (Wildman–Crippen MR) is 119 cm³/mol. The number of nitrogens with zero attached hydrogens (tertiary/aromatic N) is 7. The molecule has 9 heteroatoms. The zero-order chi connectivity index (χ0) is 20.8. The Labute approximate surface area is 179 Å². The molecule has 2 aromatic heterocycles. The van der Waals surface area contributed by atoms with E-state index in [1.807, 2.05) is 25.0 Å². The van der Waals surface area contributed by atoms with E-state index in [1.54, 1.807) is 0 Å². The van der Waals surface area contributed by atoms with Crippen molar-refractivity contribution < 1.29 is 0 Å². The molecular formula is C21H35N9. The Bertz CT molecular complexity index is 837. The normalized spacial score (nSPS) is 20.0. The van der Waals surface area contributed by atoms with Crippen LogP contribution in [0.1, 0.15) is 50.2 Å². The van der Waals surface area contributed by atoms with Crippen LogP contribution in [0.2, 0.25) is 0 Å². The maximum absolute atomic E-state index is 4.44. The molecule has 2 N–H and O–H groups in total. The molecule has 2 aliphatic rings. The van der Waals surface area contributed by atoms with Gasteiger partial charge in [-0.25, -0.2) is 0 Å². The molecule has 164 valence electrons. The minimum atomic E-state index is 0.387. The van der Waals surface area contributed by atoms with Crippen molar-refractivity contribution in [1.29, 1.82) is 0 Å². The lowest BCUT2D eigenvalue weighted by Crippen LogP contribution is -2.51. The first-order chi connectivity index (χ1) is 14.7. The van der Waals surface area contributed by atoms with Gasteiger partial charge in [0.15, 0.2) is 5.96 Å². The van der Waals surface area contributed by atoms with E-state index in [2.05, 4.69) is 46.6 Å². The molecule has 0 amide bonds. The van der Waals surface area contributed by atoms with Gasteiger partial charge in [0.25, 0.3) is 0 Å². The fourth-order valence-corrected chi connectivity index (χ4v) is 4.47. The number of anilines is 1. The number of nitrogens with one attached hydrogen (secondary N) is 2. The second-order valence-electron chi connectivity index (χ2n) is 8.40. The minimum Gasteiger partial charge on any atom is -0.367 e. The van der Waals surface area contributed by atoms with Crippen molar-refractivity contribution in [2.45, 2.75) is 64.0 Å². The van der Waals surface area contributed by atoms with E-state index in [0.29, 0.717) is 6.04 Å². The summed E-state index contributed by atoms with van der Waals surface area (Å²) in [4.78, 5) is 6.83. The van der Waals surface area contributed by atoms with E-state index in [1.165, 1.54) is 37.2 Å². The second kappa shape index (κ2) is 9.95. The standard InChI is InChI=1S/C21H35N9/c1-22-21(25-17-8-7-12-29(15-17)18-14-24-28(2)16-18)23-11-6-10-20-27-26-19-9-4-3-5-13-30(19)20/h14,16-17H,3-13,15H2,1-2H3,(H2,22,23,25). The number of aryl methyl sites for hydroxylation is 3. The minimum absolute atomic E-state index is 0.387. The first-order valence-electron chi connectivity index (χ1n) is 11.3. The molecule has 0 saturated carbocycles. The Morgan fingerprint density at radius 2 is 2.13 bits per heavy atom. The van der Waals surface area contributed by atoms with E-state index in [-0.39, 0.29) is 0 Å². The number of hydrogen-bond donors (Lipinski definition) is 2. The number of hydrogen-bond acceptors (Lipinski definition) is 5. The van der Waals surface area contributed by atoms with Crippen molar-refractivity contribution in [3.63, 3.8) is 0 Å². The van der Waals surface area contributed by atoms with Gasteiger partial charge in [-0.2, -0.15) is 5.10 Å². The lowest BCUT2D eigenvalue weighted by Gasteiger charge is -2.34. The van der Waals surface area contributed by atoms with Crippen LogP contribution < -0.4 is 15.5 Å². The van der Waals surface area contributed by atoms with Crippen LogP contribution in [0.5, 0.6) is 0 Å². The zero-order valence-corrected chi connectivity index (χ0v) is 18.3. The fraction of sp³-hybridized carbons (Fsp3) is 0.714. The van der Waals surface area contributed by atoms with Crippen molar-refractivity contribution >= 4 is 11.6 Å². The molecule has 0 aromatic carbocycles. The smallest absolute Gasteiger partial charge is 0.191 e. The first-order valence-corrected chi connectivity index (χ1v) is 11.3. The van der Waals surface area contributed by atoms with Gasteiger partial charge in [0.2, 0.25) is 0 Å². The molecule has 0 bridgehead atoms. The average Bonchev–Trinajstić information content (AvgIpc) is 3.29. The van der Waals surface area contributed by atoms with Crippen LogP contribution in [-0.2, 0) is 26.4 Å². The molecule has 4 heterocycles. The van der Waals surface area contributed by atoms with Crippen molar-refractivity contribution in [3.8, 4) is 0 Å². The van der Waals surface area contributed by atoms with Crippen LogP contribution in [-0.4, -0.2) is 63.2 Å². The Hall–Kier alpha value is -2.58. The van der Waals surface area contributed by atoms with Crippen molar-refractivity contribution in [2.75, 3.05) is 31.6 Å². The van der Waals surface area contributed by atoms with Gasteiger partial charge in [0.1, 0.15) is 11.6 Å². The number of rotatable bonds is 6. The Morgan fingerprint density at radius 1 is 1.20 bits per heavy atom. The molecule has 1 unspecified atom stereocenters. The molecule has 30 heavy (non-hydrogen) atoms. The number of fused-ring (bicyclic) bond motifs is 1. The summed E-state index contributed by atoms with van der Waals surface area (Å²) in [5, 5.41) is 20.2. The van der Waals surface area contributed by atoms with Gasteiger partial charge in [-0.3, -0.25) is 9.67 Å². The summed E-state index contributed by atoms with van der Waals surface area (Å²) in [6.45, 7) is 4.00. The molecule has 2 aromatic rings. The lowest BCUT2D eigenvalue weighted by atomic mass is 10.1. The Kier molecular flexibility index (Phi) is 6.86. The van der Waals surface area contributed by atoms with Gasteiger partial charge in [-0.15, -0.1) is 10.2 Å². The molecule has 1 saturated heterocycles. The van der Waals surface area contributed by atoms with Crippen molar-refractivity contribution in [3.05, 3.63) is 24.0 Å². The molecule has 1 atom stereocenters. The zero-order valence-electron chi connectivity index (χ0n) is 18.3. The molecule has 2 aliphatic heterocycles. The van der Waals surface area contributed by atoms with E-state index in [9.17, 15) is 0 Å². The largest absolute Gasteiger partial charge is 0.367 e. The van der Waals surface area contributed by atoms with Crippen molar-refractivity contribution in [2.24, 2.45) is 12.0 Å². The van der Waals surface area contributed by atoms with Gasteiger partial charge < -0.3 is 20.1 Å². The van der Waals surface area contributed by atoms with E-state index in [0.717, 1.165) is 63.6 Å². The number of guanidine groups is 1. The highest BCUT2D eigenvalue weighted by Gasteiger charge is 2.22. The summed E-state index contributed by atoms with van der Waals surface area (Å²) in [6.07, 6.45) is 13.2. The molecule has 0 spiro atoms. The third kappa shape index (κ3) is 5.12. The monoisotopic (exact) mass is 413 g/mol. The van der Waals surface area contributed by atoms with Gasteiger partial charge in [-0.05, 0) is 32.1 Å².